The molecule has 1 N–H and O–H groups in total. The van der Waals surface area contributed by atoms with Gasteiger partial charge >= 0.3 is 0 Å². The van der Waals surface area contributed by atoms with E-state index >= 15 is 0 Å². The van der Waals surface area contributed by atoms with Crippen LogP contribution in [0.4, 0.5) is 5.69 Å². The van der Waals surface area contributed by atoms with Crippen LogP contribution in [0.1, 0.15) is 25.0 Å². The SMILES string of the molecule is CCN(CC)S(=O)(=O)c1ccc(OC)c(NC(=O)Cc2ccc(C)c(OC)c2)c1. The van der Waals surface area contributed by atoms with Gasteiger partial charge in [0.05, 0.1) is 31.2 Å². The molecule has 158 valence electrons. The number of ether oxygens (including phenoxy) is 2. The van der Waals surface area contributed by atoms with E-state index in [0.717, 1.165) is 11.1 Å². The van der Waals surface area contributed by atoms with Gasteiger partial charge in [0.15, 0.2) is 0 Å². The lowest BCUT2D eigenvalue weighted by molar-refractivity contribution is -0.115. The Kier molecular flexibility index (Phi) is 7.64. The number of carbonyl (C=O) groups is 1. The smallest absolute Gasteiger partial charge is 0.243 e. The van der Waals surface area contributed by atoms with Crippen molar-refractivity contribution in [2.75, 3.05) is 32.6 Å². The topological polar surface area (TPSA) is 84.9 Å². The molecule has 0 spiro atoms. The number of benzene rings is 2. The molecule has 2 rings (SSSR count). The highest BCUT2D eigenvalue weighted by Crippen LogP contribution is 2.29. The molecule has 2 aromatic carbocycles. The molecule has 0 bridgehead atoms. The Labute approximate surface area is 172 Å². The number of anilines is 1. The highest BCUT2D eigenvalue weighted by atomic mass is 32.2. The van der Waals surface area contributed by atoms with E-state index in [2.05, 4.69) is 5.32 Å². The molecule has 1 amide bonds. The number of nitrogens with one attached hydrogen (secondary N) is 1. The number of nitrogens with zero attached hydrogens (tertiary/aromatic N) is 1. The zero-order valence-corrected chi connectivity index (χ0v) is 18.3. The first-order chi connectivity index (χ1) is 13.8. The number of aryl methyl sites for hydroxylation is 1. The fourth-order valence-corrected chi connectivity index (χ4v) is 4.50. The van der Waals surface area contributed by atoms with Crippen molar-refractivity contribution in [3.63, 3.8) is 0 Å². The summed E-state index contributed by atoms with van der Waals surface area (Å²) in [5.74, 6) is 0.810. The summed E-state index contributed by atoms with van der Waals surface area (Å²) < 4.78 is 37.5. The third kappa shape index (κ3) is 5.27. The minimum atomic E-state index is -3.65. The van der Waals surface area contributed by atoms with Crippen LogP contribution in [0.25, 0.3) is 0 Å². The molecule has 0 unspecified atom stereocenters. The van der Waals surface area contributed by atoms with Crippen molar-refractivity contribution in [2.24, 2.45) is 0 Å². The lowest BCUT2D eigenvalue weighted by Gasteiger charge is -2.19. The molecule has 0 aliphatic carbocycles. The minimum absolute atomic E-state index is 0.106. The van der Waals surface area contributed by atoms with E-state index < -0.39 is 10.0 Å². The molecular formula is C21H28N2O5S. The molecule has 0 atom stereocenters. The molecule has 8 heteroatoms. The second-order valence-electron chi connectivity index (χ2n) is 6.48. The molecule has 7 nitrogen and oxygen atoms in total. The van der Waals surface area contributed by atoms with Crippen LogP contribution >= 0.6 is 0 Å². The number of carbonyl (C=O) groups excluding carboxylic acids is 1. The Morgan fingerprint density at radius 2 is 1.66 bits per heavy atom. The number of hydrogen-bond donors (Lipinski definition) is 1. The number of amides is 1. The van der Waals surface area contributed by atoms with Gasteiger partial charge in [0.1, 0.15) is 11.5 Å². The monoisotopic (exact) mass is 420 g/mol. The van der Waals surface area contributed by atoms with E-state index in [1.165, 1.54) is 23.5 Å². The van der Waals surface area contributed by atoms with E-state index in [-0.39, 0.29) is 17.2 Å². The summed E-state index contributed by atoms with van der Waals surface area (Å²) in [6, 6.07) is 10.0. The lowest BCUT2D eigenvalue weighted by Crippen LogP contribution is -2.30. The molecule has 0 saturated carbocycles. The minimum Gasteiger partial charge on any atom is -0.496 e. The van der Waals surface area contributed by atoms with E-state index in [0.29, 0.717) is 30.3 Å². The summed E-state index contributed by atoms with van der Waals surface area (Å²) in [6.07, 6.45) is 0.118. The normalized spacial score (nSPS) is 11.4. The average molecular weight is 421 g/mol. The Balaban J connectivity index is 2.28. The average Bonchev–Trinajstić information content (AvgIpc) is 2.70. The molecule has 2 aromatic rings. The zero-order valence-electron chi connectivity index (χ0n) is 17.5. The zero-order chi connectivity index (χ0) is 21.6. The van der Waals surface area contributed by atoms with Crippen LogP contribution in [0.15, 0.2) is 41.3 Å². The number of rotatable bonds is 9. The Hall–Kier alpha value is -2.58. The first-order valence-corrected chi connectivity index (χ1v) is 10.8. The van der Waals surface area contributed by atoms with Gasteiger partial charge in [-0.2, -0.15) is 4.31 Å². The van der Waals surface area contributed by atoms with Gasteiger partial charge < -0.3 is 14.8 Å². The standard InChI is InChI=1S/C21H28N2O5S/c1-6-23(7-2)29(25,26)17-10-11-19(27-4)18(14-17)22-21(24)13-16-9-8-15(3)20(12-16)28-5/h8-12,14H,6-7,13H2,1-5H3,(H,22,24). The van der Waals surface area contributed by atoms with Crippen LogP contribution in [-0.4, -0.2) is 45.9 Å². The number of methoxy groups -OCH3 is 2. The largest absolute Gasteiger partial charge is 0.496 e. The Bertz CT molecular complexity index is 969. The van der Waals surface area contributed by atoms with Crippen LogP contribution in [0.2, 0.25) is 0 Å². The highest BCUT2D eigenvalue weighted by molar-refractivity contribution is 7.89. The van der Waals surface area contributed by atoms with Gasteiger partial charge in [-0.15, -0.1) is 0 Å². The first kappa shape index (κ1) is 22.7. The van der Waals surface area contributed by atoms with Crippen molar-refractivity contribution in [1.82, 2.24) is 4.31 Å². The first-order valence-electron chi connectivity index (χ1n) is 9.38. The van der Waals surface area contributed by atoms with Crippen LogP contribution < -0.4 is 14.8 Å². The van der Waals surface area contributed by atoms with Gasteiger partial charge in [0, 0.05) is 13.1 Å². The molecule has 0 fully saturated rings. The fourth-order valence-electron chi connectivity index (χ4n) is 3.01. The van der Waals surface area contributed by atoms with Crippen molar-refractivity contribution in [3.8, 4) is 11.5 Å². The molecule has 0 aliphatic heterocycles. The van der Waals surface area contributed by atoms with E-state index in [1.807, 2.05) is 25.1 Å². The third-order valence-electron chi connectivity index (χ3n) is 4.63. The van der Waals surface area contributed by atoms with Crippen molar-refractivity contribution >= 4 is 21.6 Å². The molecule has 0 saturated heterocycles. The number of hydrogen-bond acceptors (Lipinski definition) is 5. The summed E-state index contributed by atoms with van der Waals surface area (Å²) >= 11 is 0. The summed E-state index contributed by atoms with van der Waals surface area (Å²) in [7, 11) is -0.598. The summed E-state index contributed by atoms with van der Waals surface area (Å²) in [5.41, 5.74) is 2.08. The van der Waals surface area contributed by atoms with Gasteiger partial charge in [-0.3, -0.25) is 4.79 Å². The molecule has 0 aliphatic rings. The van der Waals surface area contributed by atoms with E-state index in [9.17, 15) is 13.2 Å². The van der Waals surface area contributed by atoms with Gasteiger partial charge in [-0.05, 0) is 42.3 Å². The van der Waals surface area contributed by atoms with Crippen LogP contribution in [0, 0.1) is 6.92 Å². The fraction of sp³-hybridized carbons (Fsp3) is 0.381. The maximum atomic E-state index is 12.8. The molecule has 0 aromatic heterocycles. The van der Waals surface area contributed by atoms with Gasteiger partial charge in [-0.25, -0.2) is 8.42 Å². The highest BCUT2D eigenvalue weighted by Gasteiger charge is 2.23. The van der Waals surface area contributed by atoms with Gasteiger partial charge in [0.25, 0.3) is 0 Å². The Morgan fingerprint density at radius 3 is 2.24 bits per heavy atom. The van der Waals surface area contributed by atoms with E-state index in [1.54, 1.807) is 27.0 Å². The maximum absolute atomic E-state index is 12.8. The summed E-state index contributed by atoms with van der Waals surface area (Å²) in [6.45, 7) is 6.21. The molecular weight excluding hydrogens is 392 g/mol. The van der Waals surface area contributed by atoms with Crippen molar-refractivity contribution in [1.29, 1.82) is 0 Å². The second kappa shape index (κ2) is 9.76. The van der Waals surface area contributed by atoms with Crippen molar-refractivity contribution in [2.45, 2.75) is 32.1 Å². The summed E-state index contributed by atoms with van der Waals surface area (Å²) in [5, 5.41) is 2.76. The van der Waals surface area contributed by atoms with Crippen LogP contribution in [-0.2, 0) is 21.2 Å². The molecule has 0 heterocycles. The maximum Gasteiger partial charge on any atom is 0.243 e. The predicted octanol–water partition coefficient (Wildman–Crippen LogP) is 3.22. The Morgan fingerprint density at radius 1 is 1.00 bits per heavy atom. The van der Waals surface area contributed by atoms with Crippen LogP contribution in [0.3, 0.4) is 0 Å². The third-order valence-corrected chi connectivity index (χ3v) is 6.67. The second-order valence-corrected chi connectivity index (χ2v) is 8.42. The number of sulfonamides is 1. The molecule has 29 heavy (non-hydrogen) atoms. The molecule has 0 radical (unpaired) electrons. The van der Waals surface area contributed by atoms with E-state index in [4.69, 9.17) is 9.47 Å². The van der Waals surface area contributed by atoms with Crippen molar-refractivity contribution < 1.29 is 22.7 Å². The van der Waals surface area contributed by atoms with Gasteiger partial charge in [-0.1, -0.05) is 26.0 Å². The van der Waals surface area contributed by atoms with Gasteiger partial charge in [0.2, 0.25) is 15.9 Å². The predicted molar refractivity (Wildman–Crippen MR) is 113 cm³/mol. The van der Waals surface area contributed by atoms with Crippen LogP contribution in [0.5, 0.6) is 11.5 Å². The quantitative estimate of drug-likeness (QED) is 0.673. The lowest BCUT2D eigenvalue weighted by atomic mass is 10.1. The van der Waals surface area contributed by atoms with Crippen molar-refractivity contribution in [3.05, 3.63) is 47.5 Å². The summed E-state index contributed by atoms with van der Waals surface area (Å²) in [4.78, 5) is 12.7.